The van der Waals surface area contributed by atoms with E-state index < -0.39 is 0 Å². The molecule has 0 aliphatic carbocycles. The highest BCUT2D eigenvalue weighted by Gasteiger charge is 2.33. The largest absolute Gasteiger partial charge is 0.477 e. The summed E-state index contributed by atoms with van der Waals surface area (Å²) in [7, 11) is 0. The van der Waals surface area contributed by atoms with Crippen molar-refractivity contribution in [3.63, 3.8) is 0 Å². The molecule has 8 heteroatoms. The van der Waals surface area contributed by atoms with Crippen LogP contribution in [0.4, 0.5) is 0 Å². The Kier molecular flexibility index (Phi) is 5.64. The van der Waals surface area contributed by atoms with Crippen LogP contribution in [-0.4, -0.2) is 68.5 Å². The van der Waals surface area contributed by atoms with Crippen LogP contribution in [0.15, 0.2) is 30.0 Å². The zero-order valence-electron chi connectivity index (χ0n) is 19.3. The Balaban J connectivity index is 1.16. The van der Waals surface area contributed by atoms with E-state index >= 15 is 0 Å². The third-order valence-electron chi connectivity index (χ3n) is 6.75. The summed E-state index contributed by atoms with van der Waals surface area (Å²) in [6, 6.07) is 7.52. The van der Waals surface area contributed by atoms with E-state index in [1.54, 1.807) is 6.08 Å². The minimum Gasteiger partial charge on any atom is -0.477 e. The lowest BCUT2D eigenvalue weighted by molar-refractivity contribution is 0.0329. The van der Waals surface area contributed by atoms with E-state index in [0.29, 0.717) is 35.3 Å². The van der Waals surface area contributed by atoms with Crippen LogP contribution in [0.5, 0.6) is 23.0 Å². The summed E-state index contributed by atoms with van der Waals surface area (Å²) in [6.45, 7) is 9.17. The number of Topliss-reactive ketones (excluding diaryl/α,β-unsaturated/α-hetero) is 1. The molecular formula is C26H28N2O6. The van der Waals surface area contributed by atoms with Crippen LogP contribution >= 0.6 is 0 Å². The molecule has 178 valence electrons. The van der Waals surface area contributed by atoms with Crippen molar-refractivity contribution in [2.24, 2.45) is 0 Å². The van der Waals surface area contributed by atoms with Gasteiger partial charge in [-0.3, -0.25) is 14.6 Å². The SMILES string of the molecule is Cc1c2c(cc3c1O/C(=C\c1ccc4c(c1)OCO4)C3=O)CN(CCCN1CCOCC1)CO2. The van der Waals surface area contributed by atoms with Gasteiger partial charge in [-0.1, -0.05) is 6.07 Å². The molecule has 4 heterocycles. The molecule has 0 aromatic heterocycles. The number of ether oxygens (including phenoxy) is 5. The summed E-state index contributed by atoms with van der Waals surface area (Å²) < 4.78 is 28.4. The number of carbonyl (C=O) groups excluding carboxylic acids is 1. The second-order valence-electron chi connectivity index (χ2n) is 9.05. The van der Waals surface area contributed by atoms with Gasteiger partial charge in [-0.25, -0.2) is 0 Å². The van der Waals surface area contributed by atoms with Crippen molar-refractivity contribution in [1.29, 1.82) is 0 Å². The summed E-state index contributed by atoms with van der Waals surface area (Å²) in [5, 5.41) is 0. The number of hydrogen-bond acceptors (Lipinski definition) is 8. The number of ketones is 1. The zero-order valence-corrected chi connectivity index (χ0v) is 19.3. The fraction of sp³-hybridized carbons (Fsp3) is 0.423. The molecular weight excluding hydrogens is 436 g/mol. The summed E-state index contributed by atoms with van der Waals surface area (Å²) in [4.78, 5) is 17.9. The van der Waals surface area contributed by atoms with Gasteiger partial charge in [0.15, 0.2) is 17.3 Å². The third-order valence-corrected chi connectivity index (χ3v) is 6.75. The van der Waals surface area contributed by atoms with E-state index in [1.807, 2.05) is 31.2 Å². The lowest BCUT2D eigenvalue weighted by Gasteiger charge is -2.31. The maximum Gasteiger partial charge on any atom is 0.231 e. The fourth-order valence-electron chi connectivity index (χ4n) is 4.94. The van der Waals surface area contributed by atoms with E-state index in [9.17, 15) is 4.79 Å². The molecule has 0 spiro atoms. The Hall–Kier alpha value is -3.07. The van der Waals surface area contributed by atoms with Gasteiger partial charge in [0.05, 0.1) is 18.8 Å². The first-order valence-corrected chi connectivity index (χ1v) is 11.8. The topological polar surface area (TPSA) is 69.7 Å². The van der Waals surface area contributed by atoms with Crippen LogP contribution in [0.3, 0.4) is 0 Å². The molecule has 2 aromatic carbocycles. The molecule has 4 aliphatic rings. The zero-order chi connectivity index (χ0) is 23.1. The Morgan fingerprint density at radius 3 is 2.68 bits per heavy atom. The Morgan fingerprint density at radius 2 is 1.79 bits per heavy atom. The lowest BCUT2D eigenvalue weighted by atomic mass is 10.00. The molecule has 1 fully saturated rings. The number of allylic oxidation sites excluding steroid dienone is 1. The first-order chi connectivity index (χ1) is 16.7. The van der Waals surface area contributed by atoms with E-state index in [1.165, 1.54) is 0 Å². The average molecular weight is 465 g/mol. The summed E-state index contributed by atoms with van der Waals surface area (Å²) in [5.41, 5.74) is 3.34. The summed E-state index contributed by atoms with van der Waals surface area (Å²) in [6.07, 6.45) is 2.83. The van der Waals surface area contributed by atoms with Gasteiger partial charge in [0.25, 0.3) is 0 Å². The highest BCUT2D eigenvalue weighted by atomic mass is 16.7. The van der Waals surface area contributed by atoms with Gasteiger partial charge in [0, 0.05) is 37.3 Å². The molecule has 1 saturated heterocycles. The number of rotatable bonds is 5. The van der Waals surface area contributed by atoms with Crippen LogP contribution < -0.4 is 18.9 Å². The molecule has 0 saturated carbocycles. The molecule has 0 bridgehead atoms. The van der Waals surface area contributed by atoms with E-state index in [2.05, 4.69) is 9.80 Å². The second kappa shape index (κ2) is 8.94. The van der Waals surface area contributed by atoms with Crippen molar-refractivity contribution in [1.82, 2.24) is 9.80 Å². The molecule has 0 atom stereocenters. The monoisotopic (exact) mass is 464 g/mol. The molecule has 2 aromatic rings. The van der Waals surface area contributed by atoms with Crippen molar-refractivity contribution in [2.45, 2.75) is 19.9 Å². The maximum atomic E-state index is 13.2. The summed E-state index contributed by atoms with van der Waals surface area (Å²) >= 11 is 0. The Morgan fingerprint density at radius 1 is 0.971 bits per heavy atom. The Labute approximate surface area is 198 Å². The van der Waals surface area contributed by atoms with Gasteiger partial charge in [0.2, 0.25) is 12.6 Å². The van der Waals surface area contributed by atoms with Crippen molar-refractivity contribution in [3.05, 3.63) is 52.3 Å². The number of hydrogen-bond donors (Lipinski definition) is 0. The molecule has 8 nitrogen and oxygen atoms in total. The van der Waals surface area contributed by atoms with Gasteiger partial charge >= 0.3 is 0 Å². The average Bonchev–Trinajstić information content (AvgIpc) is 3.45. The van der Waals surface area contributed by atoms with Crippen LogP contribution in [0.2, 0.25) is 0 Å². The molecule has 0 N–H and O–H groups in total. The predicted octanol–water partition coefficient (Wildman–Crippen LogP) is 3.21. The van der Waals surface area contributed by atoms with Crippen LogP contribution in [-0.2, 0) is 11.3 Å². The molecule has 0 amide bonds. The molecule has 34 heavy (non-hydrogen) atoms. The fourth-order valence-corrected chi connectivity index (χ4v) is 4.94. The number of morpholine rings is 1. The Bertz CT molecular complexity index is 1150. The minimum absolute atomic E-state index is 0.108. The van der Waals surface area contributed by atoms with Crippen LogP contribution in [0.1, 0.15) is 33.5 Å². The number of carbonyl (C=O) groups is 1. The summed E-state index contributed by atoms with van der Waals surface area (Å²) in [5.74, 6) is 3.01. The van der Waals surface area contributed by atoms with Gasteiger partial charge in [0.1, 0.15) is 18.2 Å². The molecule has 0 radical (unpaired) electrons. The first-order valence-electron chi connectivity index (χ1n) is 11.8. The van der Waals surface area contributed by atoms with Gasteiger partial charge in [-0.2, -0.15) is 0 Å². The van der Waals surface area contributed by atoms with Crippen molar-refractivity contribution in [2.75, 3.05) is 52.9 Å². The normalized spacial score (nSPS) is 20.7. The van der Waals surface area contributed by atoms with E-state index in [4.69, 9.17) is 23.7 Å². The van der Waals surface area contributed by atoms with E-state index in [0.717, 1.165) is 74.8 Å². The van der Waals surface area contributed by atoms with Gasteiger partial charge in [-0.05, 0) is 49.7 Å². The van der Waals surface area contributed by atoms with E-state index in [-0.39, 0.29) is 12.6 Å². The van der Waals surface area contributed by atoms with Crippen molar-refractivity contribution < 1.29 is 28.5 Å². The number of fused-ring (bicyclic) bond motifs is 3. The molecule has 0 unspecified atom stereocenters. The van der Waals surface area contributed by atoms with Gasteiger partial charge in [-0.15, -0.1) is 0 Å². The number of benzene rings is 2. The lowest BCUT2D eigenvalue weighted by Crippen LogP contribution is -2.39. The standard InChI is InChI=1S/C26H28N2O6/c1-17-25-19(14-28(15-31-25)6-2-5-27-7-9-30-10-8-27)13-20-24(29)23(34-26(17)20)12-18-3-4-21-22(11-18)33-16-32-21/h3-4,11-13H,2,5-10,14-16H2,1H3/b23-12-. The quantitative estimate of drug-likeness (QED) is 0.625. The predicted molar refractivity (Wildman–Crippen MR) is 124 cm³/mol. The first kappa shape index (κ1) is 21.5. The number of nitrogens with zero attached hydrogens (tertiary/aromatic N) is 2. The molecule has 6 rings (SSSR count). The van der Waals surface area contributed by atoms with Crippen molar-refractivity contribution >= 4 is 11.9 Å². The second-order valence-corrected chi connectivity index (χ2v) is 9.05. The third kappa shape index (κ3) is 4.02. The van der Waals surface area contributed by atoms with Crippen LogP contribution in [0, 0.1) is 6.92 Å². The van der Waals surface area contributed by atoms with Crippen LogP contribution in [0.25, 0.3) is 6.08 Å². The molecule has 4 aliphatic heterocycles. The maximum absolute atomic E-state index is 13.2. The minimum atomic E-state index is -0.108. The highest BCUT2D eigenvalue weighted by Crippen LogP contribution is 2.43. The smallest absolute Gasteiger partial charge is 0.231 e. The van der Waals surface area contributed by atoms with Gasteiger partial charge < -0.3 is 23.7 Å². The highest BCUT2D eigenvalue weighted by molar-refractivity contribution is 6.15. The van der Waals surface area contributed by atoms with Crippen molar-refractivity contribution in [3.8, 4) is 23.0 Å².